The quantitative estimate of drug-likeness (QED) is 0.568. The maximum Gasteiger partial charge on any atom is 0.438 e. The van der Waals surface area contributed by atoms with E-state index < -0.39 is 54.2 Å². The molecule has 0 spiro atoms. The Morgan fingerprint density at radius 1 is 1.15 bits per heavy atom. The van der Waals surface area contributed by atoms with Crippen LogP contribution in [0.25, 0.3) is 11.0 Å². The van der Waals surface area contributed by atoms with Gasteiger partial charge >= 0.3 is 12.4 Å². The number of aryl methyl sites for hydroxylation is 2. The summed E-state index contributed by atoms with van der Waals surface area (Å²) in [6.07, 6.45) is -9.76. The molecule has 34 heavy (non-hydrogen) atoms. The minimum Gasteiger partial charge on any atom is -0.468 e. The molecule has 1 unspecified atom stereocenters. The summed E-state index contributed by atoms with van der Waals surface area (Å²) < 4.78 is 85.2. The number of ether oxygens (including phenoxy) is 1. The molecule has 180 valence electrons. The van der Waals surface area contributed by atoms with E-state index in [0.717, 1.165) is 23.9 Å². The van der Waals surface area contributed by atoms with Gasteiger partial charge in [-0.05, 0) is 43.2 Å². The highest BCUT2D eigenvalue weighted by Gasteiger charge is 2.66. The Morgan fingerprint density at radius 3 is 2.41 bits per heavy atom. The Hall–Kier alpha value is -3.64. The highest BCUT2D eigenvalue weighted by atomic mass is 19.4. The Morgan fingerprint density at radius 2 is 1.82 bits per heavy atom. The van der Waals surface area contributed by atoms with Gasteiger partial charge in [0.2, 0.25) is 5.88 Å². The average molecular weight is 486 g/mol. The number of carbonyl (C=O) groups excluding carboxylic acids is 2. The van der Waals surface area contributed by atoms with Gasteiger partial charge in [-0.25, -0.2) is 9.97 Å². The van der Waals surface area contributed by atoms with Crippen LogP contribution in [-0.2, 0) is 16.9 Å². The van der Waals surface area contributed by atoms with Crippen molar-refractivity contribution in [3.8, 4) is 5.88 Å². The summed E-state index contributed by atoms with van der Waals surface area (Å²) in [4.78, 5) is 33.2. The SMILES string of the molecule is Cc1cc2nc3n(c2cc1C)C(NC(=O)c1ccc(OCC(F)(F)F)nc1)(C(F)(F)F)C(=O)C3. The molecule has 0 saturated carbocycles. The second-order valence-electron chi connectivity index (χ2n) is 7.84. The number of hydrogen-bond donors (Lipinski definition) is 1. The molecule has 0 fully saturated rings. The first-order valence-electron chi connectivity index (χ1n) is 9.80. The first-order chi connectivity index (χ1) is 15.7. The van der Waals surface area contributed by atoms with E-state index in [9.17, 15) is 35.9 Å². The van der Waals surface area contributed by atoms with Gasteiger partial charge < -0.3 is 10.1 Å². The number of carbonyl (C=O) groups is 2. The number of hydrogen-bond acceptors (Lipinski definition) is 5. The zero-order valence-electron chi connectivity index (χ0n) is 17.6. The Balaban J connectivity index is 1.72. The van der Waals surface area contributed by atoms with Crippen LogP contribution in [0.1, 0.15) is 27.3 Å². The van der Waals surface area contributed by atoms with E-state index in [-0.39, 0.29) is 16.9 Å². The third kappa shape index (κ3) is 3.84. The van der Waals surface area contributed by atoms with Crippen LogP contribution in [0.5, 0.6) is 5.88 Å². The number of aromatic nitrogens is 3. The molecule has 0 aliphatic carbocycles. The largest absolute Gasteiger partial charge is 0.468 e. The van der Waals surface area contributed by atoms with Crippen LogP contribution in [0.4, 0.5) is 26.3 Å². The lowest BCUT2D eigenvalue weighted by atomic mass is 10.0. The van der Waals surface area contributed by atoms with E-state index in [4.69, 9.17) is 0 Å². The lowest BCUT2D eigenvalue weighted by Gasteiger charge is -2.33. The summed E-state index contributed by atoms with van der Waals surface area (Å²) in [7, 11) is 0. The fraction of sp³-hybridized carbons (Fsp3) is 0.333. The number of nitrogens with zero attached hydrogens (tertiary/aromatic N) is 3. The second kappa shape index (κ2) is 7.71. The Bertz CT molecular complexity index is 1300. The van der Waals surface area contributed by atoms with E-state index in [1.54, 1.807) is 25.2 Å². The van der Waals surface area contributed by atoms with Crippen LogP contribution >= 0.6 is 0 Å². The van der Waals surface area contributed by atoms with Gasteiger partial charge in [-0.2, -0.15) is 26.3 Å². The minimum atomic E-state index is -5.24. The Kier molecular flexibility index (Phi) is 5.33. The van der Waals surface area contributed by atoms with E-state index >= 15 is 0 Å². The van der Waals surface area contributed by atoms with Crippen molar-refractivity contribution in [1.29, 1.82) is 0 Å². The standard InChI is InChI=1S/C21H16F6N4O3/c1-10-5-13-14(6-11(10)2)31-16(29-13)7-15(32)20(31,21(25,26)27)30-18(33)12-3-4-17(28-8-12)34-9-19(22,23)24/h3-6,8H,7,9H2,1-2H3,(H,30,33). The van der Waals surface area contributed by atoms with Gasteiger partial charge in [0.1, 0.15) is 5.82 Å². The number of pyridine rings is 1. The molecule has 0 bridgehead atoms. The number of alkyl halides is 6. The molecule has 0 saturated heterocycles. The summed E-state index contributed by atoms with van der Waals surface area (Å²) in [6.45, 7) is 1.82. The van der Waals surface area contributed by atoms with Gasteiger partial charge in [0.15, 0.2) is 12.4 Å². The van der Waals surface area contributed by atoms with E-state index in [2.05, 4.69) is 14.7 Å². The fourth-order valence-corrected chi connectivity index (χ4v) is 3.75. The number of imidazole rings is 1. The number of ketones is 1. The van der Waals surface area contributed by atoms with Crippen LogP contribution < -0.4 is 10.1 Å². The van der Waals surface area contributed by atoms with Crippen LogP contribution in [0.15, 0.2) is 30.5 Å². The smallest absolute Gasteiger partial charge is 0.438 e. The van der Waals surface area contributed by atoms with Crippen molar-refractivity contribution < 1.29 is 40.7 Å². The molecule has 4 rings (SSSR count). The molecule has 1 aliphatic heterocycles. The zero-order valence-corrected chi connectivity index (χ0v) is 17.6. The van der Waals surface area contributed by atoms with Gasteiger partial charge in [0, 0.05) is 12.3 Å². The van der Waals surface area contributed by atoms with Crippen molar-refractivity contribution in [1.82, 2.24) is 19.9 Å². The molecule has 2 aromatic heterocycles. The molecular weight excluding hydrogens is 470 g/mol. The van der Waals surface area contributed by atoms with Crippen molar-refractivity contribution in [2.45, 2.75) is 38.3 Å². The highest BCUT2D eigenvalue weighted by molar-refractivity contribution is 6.02. The fourth-order valence-electron chi connectivity index (χ4n) is 3.75. The molecule has 0 radical (unpaired) electrons. The van der Waals surface area contributed by atoms with Gasteiger partial charge in [-0.3, -0.25) is 14.2 Å². The van der Waals surface area contributed by atoms with Crippen molar-refractivity contribution in [2.24, 2.45) is 0 Å². The monoisotopic (exact) mass is 486 g/mol. The third-order valence-electron chi connectivity index (χ3n) is 5.48. The van der Waals surface area contributed by atoms with E-state index in [1.807, 2.05) is 0 Å². The molecule has 7 nitrogen and oxygen atoms in total. The van der Waals surface area contributed by atoms with Crippen LogP contribution in [0.2, 0.25) is 0 Å². The van der Waals surface area contributed by atoms with Crippen LogP contribution in [0, 0.1) is 13.8 Å². The molecule has 3 heterocycles. The molecular formula is C21H16F6N4O3. The number of fused-ring (bicyclic) bond motifs is 3. The van der Waals surface area contributed by atoms with E-state index in [0.29, 0.717) is 10.1 Å². The summed E-state index contributed by atoms with van der Waals surface area (Å²) in [5.74, 6) is -3.27. The number of halogens is 6. The summed E-state index contributed by atoms with van der Waals surface area (Å²) in [6, 6.07) is 4.90. The molecule has 13 heteroatoms. The van der Waals surface area contributed by atoms with Gasteiger partial charge in [0.25, 0.3) is 11.6 Å². The zero-order chi connectivity index (χ0) is 25.1. The van der Waals surface area contributed by atoms with Crippen LogP contribution in [0.3, 0.4) is 0 Å². The molecule has 1 atom stereocenters. The third-order valence-corrected chi connectivity index (χ3v) is 5.48. The maximum absolute atomic E-state index is 14.5. The molecule has 1 aliphatic rings. The van der Waals surface area contributed by atoms with Gasteiger partial charge in [-0.15, -0.1) is 0 Å². The predicted octanol–water partition coefficient (Wildman–Crippen LogP) is 3.76. The van der Waals surface area contributed by atoms with E-state index in [1.165, 1.54) is 6.07 Å². The molecule has 1 N–H and O–H groups in total. The number of Topliss-reactive ketones (excluding diaryl/α,β-unsaturated/α-hetero) is 1. The Labute approximate surface area is 187 Å². The van der Waals surface area contributed by atoms with Gasteiger partial charge in [-0.1, -0.05) is 0 Å². The minimum absolute atomic E-state index is 0.0237. The highest BCUT2D eigenvalue weighted by Crippen LogP contribution is 2.43. The molecule has 1 amide bonds. The number of amides is 1. The topological polar surface area (TPSA) is 86.1 Å². The van der Waals surface area contributed by atoms with Crippen molar-refractivity contribution in [3.05, 3.63) is 53.0 Å². The normalized spacial score (nSPS) is 18.3. The van der Waals surface area contributed by atoms with Gasteiger partial charge in [0.05, 0.1) is 23.0 Å². The summed E-state index contributed by atoms with van der Waals surface area (Å²) in [5, 5.41) is 1.79. The summed E-state index contributed by atoms with van der Waals surface area (Å²) >= 11 is 0. The van der Waals surface area contributed by atoms with Crippen molar-refractivity contribution >= 4 is 22.7 Å². The van der Waals surface area contributed by atoms with Crippen molar-refractivity contribution in [3.63, 3.8) is 0 Å². The first kappa shape index (κ1) is 23.5. The maximum atomic E-state index is 14.5. The first-order valence-corrected chi connectivity index (χ1v) is 9.80. The lowest BCUT2D eigenvalue weighted by Crippen LogP contribution is -2.62. The second-order valence-corrected chi connectivity index (χ2v) is 7.84. The predicted molar refractivity (Wildman–Crippen MR) is 105 cm³/mol. The number of nitrogens with one attached hydrogen (secondary N) is 1. The summed E-state index contributed by atoms with van der Waals surface area (Å²) in [5.41, 5.74) is -2.12. The number of rotatable bonds is 4. The van der Waals surface area contributed by atoms with Crippen LogP contribution in [-0.4, -0.2) is 45.2 Å². The lowest BCUT2D eigenvalue weighted by molar-refractivity contribution is -0.214. The molecule has 3 aromatic rings. The van der Waals surface area contributed by atoms with Crippen molar-refractivity contribution in [2.75, 3.05) is 6.61 Å². The average Bonchev–Trinajstić information content (AvgIpc) is 3.20. The number of benzene rings is 1. The molecule has 1 aromatic carbocycles.